The Balaban J connectivity index is 4.66. The minimum absolute atomic E-state index is 0.616. The van der Waals surface area contributed by atoms with Gasteiger partial charge in [-0.25, -0.2) is 19.2 Å². The van der Waals surface area contributed by atoms with Crippen molar-refractivity contribution in [3.8, 4) is 0 Å². The zero-order valence-corrected chi connectivity index (χ0v) is 10.1. The Kier molecular flexibility index (Phi) is 7.00. The van der Waals surface area contributed by atoms with Gasteiger partial charge in [-0.05, 0) is 0 Å². The summed E-state index contributed by atoms with van der Waals surface area (Å²) in [7, 11) is 0. The van der Waals surface area contributed by atoms with Crippen LogP contribution in [-0.2, 0) is 28.7 Å². The molecule has 0 fully saturated rings. The molecule has 0 radical (unpaired) electrons. The average Bonchev–Trinajstić information content (AvgIpc) is 2.43. The van der Waals surface area contributed by atoms with Crippen LogP contribution < -0.4 is 0 Å². The molecule has 0 saturated carbocycles. The van der Waals surface area contributed by atoms with Gasteiger partial charge in [-0.15, -0.1) is 0 Å². The van der Waals surface area contributed by atoms with E-state index < -0.39 is 42.2 Å². The maximum absolute atomic E-state index is 11.1. The highest BCUT2D eigenvalue weighted by Crippen LogP contribution is 2.05. The first-order chi connectivity index (χ1) is 9.24. The van der Waals surface area contributed by atoms with Crippen molar-refractivity contribution in [2.75, 3.05) is 0 Å². The minimum Gasteiger partial charge on any atom is -0.388 e. The Morgan fingerprint density at radius 2 is 1.10 bits per heavy atom. The van der Waals surface area contributed by atoms with E-state index in [1.807, 2.05) is 0 Å². The molecule has 3 atom stereocenters. The Bertz CT molecular complexity index is 399. The molecule has 0 aliphatic rings. The van der Waals surface area contributed by atoms with Crippen molar-refractivity contribution in [3.05, 3.63) is 25.3 Å². The molecule has 0 aromatic rings. The van der Waals surface area contributed by atoms with E-state index in [4.69, 9.17) is 0 Å². The summed E-state index contributed by atoms with van der Waals surface area (Å²) in [5.41, 5.74) is 0. The maximum Gasteiger partial charge on any atom is 0.345 e. The molecule has 0 amide bonds. The summed E-state index contributed by atoms with van der Waals surface area (Å²) >= 11 is 0. The topological polar surface area (TPSA) is 147 Å². The van der Waals surface area contributed by atoms with E-state index in [2.05, 4.69) is 22.6 Å². The molecular weight excluding hydrogens is 276 g/mol. The first kappa shape index (κ1) is 17.6. The first-order valence-electron chi connectivity index (χ1n) is 5.05. The lowest BCUT2D eigenvalue weighted by atomic mass is 10.1. The van der Waals surface area contributed by atoms with Gasteiger partial charge in [0.2, 0.25) is 0 Å². The second-order valence-corrected chi connectivity index (χ2v) is 3.27. The highest BCUT2D eigenvalue weighted by molar-refractivity contribution is 5.95. The van der Waals surface area contributed by atoms with Gasteiger partial charge in [0.25, 0.3) is 0 Å². The van der Waals surface area contributed by atoms with Crippen LogP contribution in [0.1, 0.15) is 0 Å². The van der Waals surface area contributed by atoms with Gasteiger partial charge in [-0.3, -0.25) is 0 Å². The van der Waals surface area contributed by atoms with Crippen LogP contribution in [0.4, 0.5) is 0 Å². The van der Waals surface area contributed by atoms with E-state index in [-0.39, 0.29) is 0 Å². The summed E-state index contributed by atoms with van der Waals surface area (Å²) in [5.74, 6) is -5.66. The molecule has 0 aliphatic heterocycles. The maximum atomic E-state index is 11.1. The number of aliphatic hydroxyl groups excluding tert-OH is 3. The lowest BCUT2D eigenvalue weighted by Gasteiger charge is -2.19. The Morgan fingerprint density at radius 1 is 0.800 bits per heavy atom. The molecule has 110 valence electrons. The third-order valence-electron chi connectivity index (χ3n) is 1.87. The quantitative estimate of drug-likeness (QED) is 0.276. The van der Waals surface area contributed by atoms with Gasteiger partial charge >= 0.3 is 23.9 Å². The summed E-state index contributed by atoms with van der Waals surface area (Å²) in [6.07, 6.45) is -5.97. The van der Waals surface area contributed by atoms with Crippen LogP contribution in [-0.4, -0.2) is 57.5 Å². The fourth-order valence-corrected chi connectivity index (χ4v) is 0.854. The molecule has 9 heteroatoms. The van der Waals surface area contributed by atoms with E-state index in [9.17, 15) is 34.5 Å². The van der Waals surface area contributed by atoms with Crippen molar-refractivity contribution >= 4 is 23.9 Å². The van der Waals surface area contributed by atoms with Crippen molar-refractivity contribution in [1.29, 1.82) is 0 Å². The normalized spacial score (nSPS) is 14.3. The predicted octanol–water partition coefficient (Wildman–Crippen LogP) is -2.42. The number of hydrogen-bond acceptors (Lipinski definition) is 9. The standard InChI is InChI=1S/C11H12O9/c1-3-5(12)19-10(17)8(15)7(14)9(16)11(18)20-6(13)4-2/h3-4,7-9,14-16H,1-2H2/t7-,8-,9+. The minimum atomic E-state index is -2.42. The number of esters is 4. The molecule has 0 aliphatic carbocycles. The summed E-state index contributed by atoms with van der Waals surface area (Å²) < 4.78 is 7.92. The molecule has 0 heterocycles. The van der Waals surface area contributed by atoms with Crippen LogP contribution in [0, 0.1) is 0 Å². The van der Waals surface area contributed by atoms with Gasteiger partial charge < -0.3 is 24.8 Å². The van der Waals surface area contributed by atoms with E-state index in [1.54, 1.807) is 0 Å². The van der Waals surface area contributed by atoms with E-state index in [0.717, 1.165) is 0 Å². The van der Waals surface area contributed by atoms with Gasteiger partial charge in [-0.1, -0.05) is 13.2 Å². The van der Waals surface area contributed by atoms with Crippen molar-refractivity contribution in [3.63, 3.8) is 0 Å². The number of rotatable bonds is 6. The fraction of sp³-hybridized carbons (Fsp3) is 0.273. The molecule has 0 aromatic carbocycles. The zero-order chi connectivity index (χ0) is 15.9. The van der Waals surface area contributed by atoms with Crippen molar-refractivity contribution in [2.24, 2.45) is 0 Å². The fourth-order valence-electron chi connectivity index (χ4n) is 0.854. The molecule has 0 aromatic heterocycles. The largest absolute Gasteiger partial charge is 0.388 e. The van der Waals surface area contributed by atoms with Crippen LogP contribution in [0.2, 0.25) is 0 Å². The molecule has 0 spiro atoms. The number of carbonyl (C=O) groups is 4. The molecule has 9 nitrogen and oxygen atoms in total. The molecular formula is C11H12O9. The van der Waals surface area contributed by atoms with Crippen LogP contribution in [0.15, 0.2) is 25.3 Å². The lowest BCUT2D eigenvalue weighted by molar-refractivity contribution is -0.177. The second-order valence-electron chi connectivity index (χ2n) is 3.27. The first-order valence-corrected chi connectivity index (χ1v) is 5.05. The van der Waals surface area contributed by atoms with Gasteiger partial charge in [0, 0.05) is 12.2 Å². The number of ether oxygens (including phenoxy) is 2. The van der Waals surface area contributed by atoms with Gasteiger partial charge in [0.05, 0.1) is 0 Å². The predicted molar refractivity (Wildman–Crippen MR) is 60.6 cm³/mol. The van der Waals surface area contributed by atoms with Crippen LogP contribution in [0.5, 0.6) is 0 Å². The highest BCUT2D eigenvalue weighted by Gasteiger charge is 2.37. The Labute approximate surface area is 112 Å². The molecule has 0 unspecified atom stereocenters. The van der Waals surface area contributed by atoms with Gasteiger partial charge in [0.15, 0.2) is 12.2 Å². The summed E-state index contributed by atoms with van der Waals surface area (Å²) in [6.45, 7) is 5.96. The molecule has 0 rings (SSSR count). The lowest BCUT2D eigenvalue weighted by Crippen LogP contribution is -2.47. The number of hydrogen-bond donors (Lipinski definition) is 3. The van der Waals surface area contributed by atoms with Crippen LogP contribution in [0.25, 0.3) is 0 Å². The molecule has 0 saturated heterocycles. The summed E-state index contributed by atoms with van der Waals surface area (Å²) in [6, 6.07) is 0. The Hall–Kier alpha value is -2.36. The number of aliphatic hydroxyl groups is 3. The second kappa shape index (κ2) is 7.94. The van der Waals surface area contributed by atoms with E-state index in [0.29, 0.717) is 12.2 Å². The monoisotopic (exact) mass is 288 g/mol. The highest BCUT2D eigenvalue weighted by atomic mass is 16.6. The zero-order valence-electron chi connectivity index (χ0n) is 10.1. The summed E-state index contributed by atoms with van der Waals surface area (Å²) in [4.78, 5) is 43.6. The third-order valence-corrected chi connectivity index (χ3v) is 1.87. The third kappa shape index (κ3) is 5.10. The smallest absolute Gasteiger partial charge is 0.345 e. The molecule has 3 N–H and O–H groups in total. The SMILES string of the molecule is C=CC(=O)OC(=O)[C@@H](O)[C@H](O)[C@@H](O)C(=O)OC(=O)C=C. The average molecular weight is 288 g/mol. The van der Waals surface area contributed by atoms with E-state index in [1.165, 1.54) is 0 Å². The van der Waals surface area contributed by atoms with Crippen LogP contribution in [0.3, 0.4) is 0 Å². The van der Waals surface area contributed by atoms with Crippen molar-refractivity contribution < 1.29 is 44.0 Å². The van der Waals surface area contributed by atoms with Gasteiger partial charge in [-0.2, -0.15) is 0 Å². The Morgan fingerprint density at radius 3 is 1.35 bits per heavy atom. The molecule has 20 heavy (non-hydrogen) atoms. The van der Waals surface area contributed by atoms with Gasteiger partial charge in [0.1, 0.15) is 6.10 Å². The van der Waals surface area contributed by atoms with Crippen molar-refractivity contribution in [1.82, 2.24) is 0 Å². The van der Waals surface area contributed by atoms with Crippen molar-refractivity contribution in [2.45, 2.75) is 18.3 Å². The van der Waals surface area contributed by atoms with E-state index >= 15 is 0 Å². The number of carbonyl (C=O) groups excluding carboxylic acids is 4. The summed E-state index contributed by atoms with van der Waals surface area (Å²) in [5, 5.41) is 27.8. The van der Waals surface area contributed by atoms with Crippen LogP contribution >= 0.6 is 0 Å². The molecule has 0 bridgehead atoms.